The van der Waals surface area contributed by atoms with Crippen LogP contribution in [0.3, 0.4) is 0 Å². The number of hydrogen-bond acceptors (Lipinski definition) is 2. The maximum absolute atomic E-state index is 6.07. The highest BCUT2D eigenvalue weighted by Crippen LogP contribution is 2.22. The largest absolute Gasteiger partial charge is 0.347 e. The maximum Gasteiger partial charge on any atom is 0.0483 e. The van der Waals surface area contributed by atoms with Gasteiger partial charge in [-0.2, -0.15) is 11.8 Å². The number of aromatic nitrogens is 1. The van der Waals surface area contributed by atoms with E-state index in [1.54, 1.807) is 0 Å². The second kappa shape index (κ2) is 6.30. The monoisotopic (exact) mass is 262 g/mol. The van der Waals surface area contributed by atoms with Gasteiger partial charge >= 0.3 is 0 Å². The lowest BCUT2D eigenvalue weighted by atomic mass is 10.0. The van der Waals surface area contributed by atoms with Crippen LogP contribution in [0, 0.1) is 0 Å². The van der Waals surface area contributed by atoms with E-state index in [4.69, 9.17) is 5.73 Å². The molecule has 0 aliphatic heterocycles. The van der Waals surface area contributed by atoms with Gasteiger partial charge in [-0.1, -0.05) is 19.1 Å². The Hall–Kier alpha value is -0.930. The summed E-state index contributed by atoms with van der Waals surface area (Å²) in [5, 5.41) is 1.36. The molecule has 1 heterocycles. The molecule has 0 saturated carbocycles. The van der Waals surface area contributed by atoms with Crippen molar-refractivity contribution in [2.24, 2.45) is 5.73 Å². The molecule has 0 aliphatic rings. The van der Waals surface area contributed by atoms with Crippen LogP contribution in [-0.4, -0.2) is 22.6 Å². The third-order valence-electron chi connectivity index (χ3n) is 3.45. The Morgan fingerprint density at radius 2 is 2.17 bits per heavy atom. The summed E-state index contributed by atoms with van der Waals surface area (Å²) in [5.41, 5.74) is 8.79. The predicted octanol–water partition coefficient (Wildman–Crippen LogP) is 3.28. The van der Waals surface area contributed by atoms with E-state index in [2.05, 4.69) is 48.2 Å². The van der Waals surface area contributed by atoms with Crippen molar-refractivity contribution < 1.29 is 0 Å². The van der Waals surface area contributed by atoms with Gasteiger partial charge in [-0.15, -0.1) is 0 Å². The number of thioether (sulfide) groups is 1. The number of nitrogens with zero attached hydrogens (tertiary/aromatic N) is 1. The van der Waals surface area contributed by atoms with Crippen molar-refractivity contribution in [3.8, 4) is 0 Å². The van der Waals surface area contributed by atoms with Gasteiger partial charge in [-0.25, -0.2) is 0 Å². The van der Waals surface area contributed by atoms with Crippen molar-refractivity contribution in [2.75, 3.05) is 12.0 Å². The molecule has 2 N–H and O–H groups in total. The van der Waals surface area contributed by atoms with Crippen molar-refractivity contribution in [1.29, 1.82) is 0 Å². The number of nitrogens with two attached hydrogens (primary N) is 1. The molecule has 1 aromatic heterocycles. The van der Waals surface area contributed by atoms with Crippen LogP contribution in [0.5, 0.6) is 0 Å². The normalized spacial score (nSPS) is 13.1. The zero-order valence-electron chi connectivity index (χ0n) is 11.2. The van der Waals surface area contributed by atoms with Crippen molar-refractivity contribution in [1.82, 2.24) is 4.57 Å². The molecule has 2 rings (SSSR count). The first-order chi connectivity index (χ1) is 8.76. The third-order valence-corrected chi connectivity index (χ3v) is 4.04. The molecule has 0 saturated heterocycles. The van der Waals surface area contributed by atoms with Gasteiger partial charge in [-0.05, 0) is 36.8 Å². The van der Waals surface area contributed by atoms with Crippen molar-refractivity contribution in [3.05, 3.63) is 36.0 Å². The zero-order chi connectivity index (χ0) is 13.0. The Balaban J connectivity index is 2.30. The summed E-state index contributed by atoms with van der Waals surface area (Å²) in [6.07, 6.45) is 6.35. The summed E-state index contributed by atoms with van der Waals surface area (Å²) in [7, 11) is 0. The van der Waals surface area contributed by atoms with Crippen molar-refractivity contribution in [3.63, 3.8) is 0 Å². The second-order valence-electron chi connectivity index (χ2n) is 4.72. The van der Waals surface area contributed by atoms with Crippen LogP contribution in [0.1, 0.15) is 18.9 Å². The summed E-state index contributed by atoms with van der Waals surface area (Å²) in [5.74, 6) is 1.16. The lowest BCUT2D eigenvalue weighted by Crippen LogP contribution is -2.21. The van der Waals surface area contributed by atoms with Crippen LogP contribution in [0.25, 0.3) is 10.9 Å². The van der Waals surface area contributed by atoms with E-state index in [9.17, 15) is 0 Å². The third kappa shape index (κ3) is 2.90. The van der Waals surface area contributed by atoms with E-state index in [-0.39, 0.29) is 6.04 Å². The number of hydrogen-bond donors (Lipinski definition) is 1. The minimum absolute atomic E-state index is 0.269. The van der Waals surface area contributed by atoms with E-state index >= 15 is 0 Å². The van der Waals surface area contributed by atoms with E-state index < -0.39 is 0 Å². The molecular weight excluding hydrogens is 240 g/mol. The van der Waals surface area contributed by atoms with E-state index in [0.29, 0.717) is 0 Å². The molecule has 0 amide bonds. The fourth-order valence-corrected chi connectivity index (χ4v) is 2.66. The topological polar surface area (TPSA) is 30.9 Å². The highest BCUT2D eigenvalue weighted by Gasteiger charge is 2.08. The van der Waals surface area contributed by atoms with Crippen molar-refractivity contribution >= 4 is 22.7 Å². The SMILES string of the molecule is CCC(N)Cc1cccc2c1ccn2CCSC. The van der Waals surface area contributed by atoms with Crippen LogP contribution < -0.4 is 5.73 Å². The summed E-state index contributed by atoms with van der Waals surface area (Å²) in [6.45, 7) is 3.22. The van der Waals surface area contributed by atoms with Gasteiger partial charge in [0.2, 0.25) is 0 Å². The molecule has 1 aromatic carbocycles. The quantitative estimate of drug-likeness (QED) is 0.866. The zero-order valence-corrected chi connectivity index (χ0v) is 12.0. The number of aryl methyl sites for hydroxylation is 1. The van der Waals surface area contributed by atoms with E-state index in [1.165, 1.54) is 16.5 Å². The van der Waals surface area contributed by atoms with Gasteiger partial charge in [-0.3, -0.25) is 0 Å². The molecule has 1 atom stereocenters. The summed E-state index contributed by atoms with van der Waals surface area (Å²) >= 11 is 1.89. The lowest BCUT2D eigenvalue weighted by molar-refractivity contribution is 0.649. The predicted molar refractivity (Wildman–Crippen MR) is 82.3 cm³/mol. The lowest BCUT2D eigenvalue weighted by Gasteiger charge is -2.10. The Kier molecular flexibility index (Phi) is 4.72. The minimum Gasteiger partial charge on any atom is -0.347 e. The standard InChI is InChI=1S/C15H22N2S/c1-3-13(16)11-12-5-4-6-15-14(12)7-8-17(15)9-10-18-2/h4-8,13H,3,9-11,16H2,1-2H3. The van der Waals surface area contributed by atoms with Gasteiger partial charge < -0.3 is 10.3 Å². The smallest absolute Gasteiger partial charge is 0.0483 e. The summed E-state index contributed by atoms with van der Waals surface area (Å²) in [6, 6.07) is 9.06. The van der Waals surface area contributed by atoms with Crippen LogP contribution in [0.2, 0.25) is 0 Å². The number of rotatable bonds is 6. The average Bonchev–Trinajstić information content (AvgIpc) is 2.80. The molecule has 1 unspecified atom stereocenters. The summed E-state index contributed by atoms with van der Waals surface area (Å²) in [4.78, 5) is 0. The van der Waals surface area contributed by atoms with Crippen molar-refractivity contribution in [2.45, 2.75) is 32.4 Å². The molecule has 2 nitrogen and oxygen atoms in total. The highest BCUT2D eigenvalue weighted by molar-refractivity contribution is 7.98. The first-order valence-corrected chi connectivity index (χ1v) is 7.97. The van der Waals surface area contributed by atoms with E-state index in [1.807, 2.05) is 11.8 Å². The van der Waals surface area contributed by atoms with Gasteiger partial charge in [0.1, 0.15) is 0 Å². The first kappa shape index (κ1) is 13.5. The number of fused-ring (bicyclic) bond motifs is 1. The van der Waals surface area contributed by atoms with Crippen LogP contribution in [-0.2, 0) is 13.0 Å². The van der Waals surface area contributed by atoms with Crippen LogP contribution in [0.4, 0.5) is 0 Å². The van der Waals surface area contributed by atoms with Gasteiger partial charge in [0.15, 0.2) is 0 Å². The Morgan fingerprint density at radius 1 is 1.33 bits per heavy atom. The molecule has 0 bridgehead atoms. The summed E-state index contributed by atoms with van der Waals surface area (Å²) < 4.78 is 2.34. The molecule has 0 spiro atoms. The minimum atomic E-state index is 0.269. The molecule has 0 fully saturated rings. The second-order valence-corrected chi connectivity index (χ2v) is 5.71. The first-order valence-electron chi connectivity index (χ1n) is 6.57. The van der Waals surface area contributed by atoms with E-state index in [0.717, 1.165) is 25.1 Å². The Labute approximate surface area is 114 Å². The molecule has 0 aliphatic carbocycles. The Morgan fingerprint density at radius 3 is 2.89 bits per heavy atom. The molecule has 3 heteroatoms. The molecule has 2 aromatic rings. The molecule has 0 radical (unpaired) electrons. The molecular formula is C15H22N2S. The van der Waals surface area contributed by atoms with Crippen LogP contribution >= 0.6 is 11.8 Å². The van der Waals surface area contributed by atoms with Gasteiger partial charge in [0.05, 0.1) is 0 Å². The maximum atomic E-state index is 6.07. The van der Waals surface area contributed by atoms with Crippen LogP contribution in [0.15, 0.2) is 30.5 Å². The highest BCUT2D eigenvalue weighted by atomic mass is 32.2. The van der Waals surface area contributed by atoms with Gasteiger partial charge in [0.25, 0.3) is 0 Å². The molecule has 98 valence electrons. The fourth-order valence-electron chi connectivity index (χ4n) is 2.28. The Bertz CT molecular complexity index is 504. The van der Waals surface area contributed by atoms with Gasteiger partial charge in [0, 0.05) is 35.4 Å². The number of benzene rings is 1. The fraction of sp³-hybridized carbons (Fsp3) is 0.467. The average molecular weight is 262 g/mol. The molecule has 18 heavy (non-hydrogen) atoms.